The summed E-state index contributed by atoms with van der Waals surface area (Å²) in [5, 5.41) is 0. The Hall–Kier alpha value is -1.43. The Kier molecular flexibility index (Phi) is 5.79. The van der Waals surface area contributed by atoms with Crippen molar-refractivity contribution in [2.45, 2.75) is 4.90 Å². The molecule has 0 saturated carbocycles. The molecule has 0 unspecified atom stereocenters. The van der Waals surface area contributed by atoms with Gasteiger partial charge in [-0.1, -0.05) is 60.7 Å². The first-order valence-corrected chi connectivity index (χ1v) is 8.21. The normalized spacial score (nSPS) is 10.8. The molecule has 0 fully saturated rings. The van der Waals surface area contributed by atoms with Crippen LogP contribution in [0.15, 0.2) is 83.8 Å². The van der Waals surface area contributed by atoms with Crippen LogP contribution in [-0.2, 0) is 10.1 Å². The van der Waals surface area contributed by atoms with E-state index in [2.05, 4.69) is 0 Å². The Morgan fingerprint density at radius 2 is 1.00 bits per heavy atom. The van der Waals surface area contributed by atoms with Crippen molar-refractivity contribution in [3.05, 3.63) is 78.9 Å². The number of hydrogen-bond acceptors (Lipinski definition) is 2. The summed E-state index contributed by atoms with van der Waals surface area (Å²) in [6.07, 6.45) is 0. The van der Waals surface area contributed by atoms with Crippen LogP contribution < -0.4 is 29.6 Å². The summed E-state index contributed by atoms with van der Waals surface area (Å²) in [6.45, 7) is 0. The molecule has 0 spiro atoms. The van der Waals surface area contributed by atoms with E-state index in [9.17, 15) is 13.0 Å². The molecule has 3 rings (SSSR count). The van der Waals surface area contributed by atoms with Crippen LogP contribution in [0.5, 0.6) is 0 Å². The molecule has 0 atom stereocenters. The van der Waals surface area contributed by atoms with Crippen LogP contribution in [0, 0.1) is 0 Å². The standard InChI is InChI=1S/C18H14O3S.Na/c19-22(20,21)18-12-16(14-7-3-1-4-8-14)11-17(13-18)15-9-5-2-6-10-15;/h1-13H,(H,19,20,21);/q;+1. The molecule has 0 aliphatic rings. The Morgan fingerprint density at radius 1 is 0.609 bits per heavy atom. The van der Waals surface area contributed by atoms with Crippen LogP contribution in [0.4, 0.5) is 0 Å². The van der Waals surface area contributed by atoms with E-state index >= 15 is 0 Å². The van der Waals surface area contributed by atoms with Crippen molar-refractivity contribution in [3.63, 3.8) is 0 Å². The molecule has 0 aliphatic carbocycles. The summed E-state index contributed by atoms with van der Waals surface area (Å²) >= 11 is 0. The van der Waals surface area contributed by atoms with E-state index in [1.54, 1.807) is 0 Å². The first-order chi connectivity index (χ1) is 10.5. The molecule has 3 nitrogen and oxygen atoms in total. The molecule has 0 aliphatic heterocycles. The van der Waals surface area contributed by atoms with Gasteiger partial charge in [0.05, 0.1) is 4.90 Å². The zero-order valence-electron chi connectivity index (χ0n) is 12.7. The van der Waals surface area contributed by atoms with Gasteiger partial charge in [0.1, 0.15) is 0 Å². The molecule has 0 bridgehead atoms. The Morgan fingerprint density at radius 3 is 1.35 bits per heavy atom. The van der Waals surface area contributed by atoms with Crippen LogP contribution >= 0.6 is 0 Å². The van der Waals surface area contributed by atoms with Crippen LogP contribution in [0.1, 0.15) is 0 Å². The monoisotopic (exact) mass is 333 g/mol. The zero-order valence-corrected chi connectivity index (χ0v) is 15.5. The molecule has 23 heavy (non-hydrogen) atoms. The second-order valence-corrected chi connectivity index (χ2v) is 6.37. The summed E-state index contributed by atoms with van der Waals surface area (Å²) in [6, 6.07) is 23.8. The molecule has 3 aromatic carbocycles. The van der Waals surface area contributed by atoms with Gasteiger partial charge in [-0.25, -0.2) is 0 Å². The van der Waals surface area contributed by atoms with Gasteiger partial charge in [0.15, 0.2) is 0 Å². The number of hydrogen-bond donors (Lipinski definition) is 1. The molecule has 0 amide bonds. The quantitative estimate of drug-likeness (QED) is 0.580. The molecule has 0 saturated heterocycles. The van der Waals surface area contributed by atoms with E-state index in [1.165, 1.54) is 12.1 Å². The molecule has 5 heteroatoms. The topological polar surface area (TPSA) is 54.4 Å². The van der Waals surface area contributed by atoms with Gasteiger partial charge >= 0.3 is 29.6 Å². The Balaban J connectivity index is 0.00000192. The molecule has 0 aromatic heterocycles. The summed E-state index contributed by atoms with van der Waals surface area (Å²) in [5.74, 6) is 0. The second kappa shape index (κ2) is 7.43. The van der Waals surface area contributed by atoms with Crippen molar-refractivity contribution < 1.29 is 42.5 Å². The van der Waals surface area contributed by atoms with E-state index in [4.69, 9.17) is 0 Å². The number of benzene rings is 3. The minimum absolute atomic E-state index is 0. The van der Waals surface area contributed by atoms with Gasteiger partial charge in [-0.05, 0) is 40.5 Å². The summed E-state index contributed by atoms with van der Waals surface area (Å²) in [5.41, 5.74) is 3.28. The van der Waals surface area contributed by atoms with Crippen molar-refractivity contribution >= 4 is 10.1 Å². The molecule has 0 heterocycles. The van der Waals surface area contributed by atoms with E-state index in [1.807, 2.05) is 66.7 Å². The molecule has 110 valence electrons. The average molecular weight is 333 g/mol. The zero-order chi connectivity index (χ0) is 15.6. The van der Waals surface area contributed by atoms with Crippen molar-refractivity contribution in [3.8, 4) is 22.3 Å². The predicted octanol–water partition coefficient (Wildman–Crippen LogP) is 1.27. The van der Waals surface area contributed by atoms with Crippen LogP contribution in [0.2, 0.25) is 0 Å². The molecule has 1 N–H and O–H groups in total. The maximum Gasteiger partial charge on any atom is 1.00 e. The smallest absolute Gasteiger partial charge is 0.282 e. The van der Waals surface area contributed by atoms with E-state index in [-0.39, 0.29) is 34.5 Å². The van der Waals surface area contributed by atoms with Crippen LogP contribution in [0.3, 0.4) is 0 Å². The van der Waals surface area contributed by atoms with Crippen molar-refractivity contribution in [2.75, 3.05) is 0 Å². The van der Waals surface area contributed by atoms with Gasteiger partial charge in [-0.3, -0.25) is 4.55 Å². The first kappa shape index (κ1) is 17.9. The fraction of sp³-hybridized carbons (Fsp3) is 0. The fourth-order valence-electron chi connectivity index (χ4n) is 2.34. The van der Waals surface area contributed by atoms with Crippen molar-refractivity contribution in [1.29, 1.82) is 0 Å². The minimum atomic E-state index is -4.26. The van der Waals surface area contributed by atoms with Gasteiger partial charge in [0.2, 0.25) is 0 Å². The molecule has 0 radical (unpaired) electrons. The third-order valence-electron chi connectivity index (χ3n) is 3.42. The first-order valence-electron chi connectivity index (χ1n) is 6.77. The van der Waals surface area contributed by atoms with Gasteiger partial charge in [0, 0.05) is 0 Å². The molecular weight excluding hydrogens is 319 g/mol. The van der Waals surface area contributed by atoms with Crippen molar-refractivity contribution in [2.24, 2.45) is 0 Å². The van der Waals surface area contributed by atoms with Crippen LogP contribution in [0.25, 0.3) is 22.3 Å². The third-order valence-corrected chi connectivity index (χ3v) is 4.25. The Bertz CT molecular complexity index is 834. The second-order valence-electron chi connectivity index (χ2n) is 4.95. The predicted molar refractivity (Wildman–Crippen MR) is 87.1 cm³/mol. The maximum atomic E-state index is 11.6. The Labute approximate surface area is 158 Å². The van der Waals surface area contributed by atoms with E-state index < -0.39 is 10.1 Å². The minimum Gasteiger partial charge on any atom is -0.282 e. The number of rotatable bonds is 3. The van der Waals surface area contributed by atoms with Crippen molar-refractivity contribution in [1.82, 2.24) is 0 Å². The largest absolute Gasteiger partial charge is 1.00 e. The van der Waals surface area contributed by atoms with Gasteiger partial charge in [-0.2, -0.15) is 8.42 Å². The molecular formula is C18H14NaO3S+. The SMILES string of the molecule is O=S(=O)(O)c1cc(-c2ccccc2)cc(-c2ccccc2)c1.[Na+]. The van der Waals surface area contributed by atoms with Gasteiger partial charge < -0.3 is 0 Å². The average Bonchev–Trinajstić information content (AvgIpc) is 2.55. The summed E-state index contributed by atoms with van der Waals surface area (Å²) in [7, 11) is -4.26. The maximum absolute atomic E-state index is 11.6. The van der Waals surface area contributed by atoms with Gasteiger partial charge in [0.25, 0.3) is 10.1 Å². The van der Waals surface area contributed by atoms with Gasteiger partial charge in [-0.15, -0.1) is 0 Å². The fourth-order valence-corrected chi connectivity index (χ4v) is 2.89. The third kappa shape index (κ3) is 4.31. The molecule has 3 aromatic rings. The van der Waals surface area contributed by atoms with Crippen LogP contribution in [-0.4, -0.2) is 13.0 Å². The summed E-state index contributed by atoms with van der Waals surface area (Å²) in [4.78, 5) is -0.104. The van der Waals surface area contributed by atoms with E-state index in [0.29, 0.717) is 0 Å². The summed E-state index contributed by atoms with van der Waals surface area (Å²) < 4.78 is 32.5. The van der Waals surface area contributed by atoms with E-state index in [0.717, 1.165) is 22.3 Å².